The average molecular weight is 1330 g/mol. The molecule has 1 aliphatic heterocycles. The van der Waals surface area contributed by atoms with Crippen LogP contribution >= 0.6 is 68.4 Å². The number of primary amides is 1. The molecule has 90 heavy (non-hydrogen) atoms. The molecule has 1 aliphatic rings. The summed E-state index contributed by atoms with van der Waals surface area (Å²) in [7, 11) is 0. The lowest BCUT2D eigenvalue weighted by molar-refractivity contribution is -0.134. The molecule has 0 fully saturated rings. The lowest BCUT2D eigenvalue weighted by Crippen LogP contribution is -2.49. The molecule has 10 N–H and O–H groups in total. The molecule has 0 radical (unpaired) electrons. The Balaban J connectivity index is 1.12. The van der Waals surface area contributed by atoms with E-state index in [0.717, 1.165) is 51.3 Å². The van der Waals surface area contributed by atoms with Crippen molar-refractivity contribution in [1.29, 1.82) is 0 Å². The number of phenolic OH excluding ortho intramolecular Hbond substituents is 1. The predicted molar refractivity (Wildman–Crippen MR) is 347 cm³/mol. The minimum Gasteiger partial charge on any atom is -0.508 e. The third kappa shape index (κ3) is 15.9. The number of nitrogens with zero attached hydrogens (tertiary/aromatic N) is 7. The molecule has 462 valence electrons. The number of thioether (sulfide) groups is 1. The zero-order valence-corrected chi connectivity index (χ0v) is 53.2. The number of hydrogen-bond acceptors (Lipinski definition) is 22. The van der Waals surface area contributed by atoms with Crippen molar-refractivity contribution in [2.45, 2.75) is 70.6 Å². The Morgan fingerprint density at radius 3 is 1.97 bits per heavy atom. The van der Waals surface area contributed by atoms with Crippen molar-refractivity contribution in [2.24, 2.45) is 16.6 Å². The summed E-state index contributed by atoms with van der Waals surface area (Å²) < 4.78 is 0. The lowest BCUT2D eigenvalue weighted by atomic mass is 9.98. The number of rotatable bonds is 14. The Labute approximate surface area is 538 Å². The Bertz CT molecular complexity index is 4150. The molecule has 7 heterocycles. The van der Waals surface area contributed by atoms with Crippen molar-refractivity contribution < 1.29 is 48.6 Å². The molecule has 5 atom stereocenters. The Morgan fingerprint density at radius 2 is 1.27 bits per heavy atom. The van der Waals surface area contributed by atoms with Gasteiger partial charge in [-0.2, -0.15) is 0 Å². The number of carbonyl (C=O) groups is 8. The van der Waals surface area contributed by atoms with E-state index in [4.69, 9.17) is 35.8 Å². The number of fused-ring (bicyclic) bond motifs is 12. The van der Waals surface area contributed by atoms with Crippen molar-refractivity contribution >= 4 is 121 Å². The number of aliphatic carboxylic acids is 1. The quantitative estimate of drug-likeness (QED) is 0.0466. The maximum absolute atomic E-state index is 14.8. The van der Waals surface area contributed by atoms with Crippen molar-refractivity contribution in [2.75, 3.05) is 6.26 Å². The molecule has 30 heteroatoms. The summed E-state index contributed by atoms with van der Waals surface area (Å²) in [4.78, 5) is 141. The summed E-state index contributed by atoms with van der Waals surface area (Å²) in [6.45, 7) is 12.3. The van der Waals surface area contributed by atoms with Crippen LogP contribution in [0, 0.1) is 5.92 Å². The molecule has 0 spiro atoms. The number of allylic oxidation sites excluding steroid dienone is 1. The molecule has 8 bridgehead atoms. The smallest absolute Gasteiger partial charge is 0.351 e. The number of thiazole rings is 5. The second-order valence-corrected chi connectivity index (χ2v) is 25.2. The average Bonchev–Trinajstić information content (AvgIpc) is 1.63. The number of benzene rings is 2. The monoisotopic (exact) mass is 1320 g/mol. The van der Waals surface area contributed by atoms with Gasteiger partial charge in [0.1, 0.15) is 82.4 Å². The van der Waals surface area contributed by atoms with Crippen LogP contribution in [-0.4, -0.2) is 111 Å². The molecule has 0 saturated carbocycles. The third-order valence-electron chi connectivity index (χ3n) is 13.7. The van der Waals surface area contributed by atoms with E-state index in [1.807, 2.05) is 54.9 Å². The Kier molecular flexibility index (Phi) is 21.1. The molecule has 0 saturated heterocycles. The fourth-order valence-electron chi connectivity index (χ4n) is 8.84. The van der Waals surface area contributed by atoms with Gasteiger partial charge in [-0.15, -0.1) is 68.4 Å². The number of aliphatic imine (C=N–C) groups is 1. The van der Waals surface area contributed by atoms with Gasteiger partial charge >= 0.3 is 5.97 Å². The minimum absolute atomic E-state index is 0.0146. The topological polar surface area (TPSA) is 365 Å². The van der Waals surface area contributed by atoms with E-state index >= 15 is 0 Å². The molecule has 5 unspecified atom stereocenters. The standard InChI is InChI=1S/C60H56N14O10S6/c1-7-28(3)46-59-73-44(27-90-59)58-69-40(23-87-58)47-34(18-19-36(64-47)56-71-41(25-88-56)51(80)62-29(4)48(77)63-30(5)60(83)84)54-70-42(24-86-54)53(82)67-39(22-45(61)76)55(85-6)68-35(8-2)49(78)66-38(21-31-12-10-9-11-13-31)57-72-43(26-89-57)52(81)65-37(50(79)74-46)20-32-14-16-33(75)17-15-32/h8-19,23-28,37-39,46,75H,4-5,7,20-22H2,1-3,6H3,(H2,61,76)(H,62,80)(H,63,77)(H,65,81)(H,66,78)(H,67,82)(H,74,79)(H,83,84)/b35-8+,68-55?. The highest BCUT2D eigenvalue weighted by molar-refractivity contribution is 8.13. The van der Waals surface area contributed by atoms with Crippen LogP contribution in [0.3, 0.4) is 0 Å². The summed E-state index contributed by atoms with van der Waals surface area (Å²) in [6, 6.07) is 15.2. The molecule has 8 aromatic rings. The molecule has 6 aromatic heterocycles. The Hall–Kier alpha value is -9.46. The summed E-state index contributed by atoms with van der Waals surface area (Å²) >= 11 is 6.95. The fraction of sp³-hybridized carbons (Fsp3) is 0.217. The number of carboxylic acid groups (broad SMARTS) is 1. The molecular formula is C60H56N14O10S6. The number of amides is 7. The first-order chi connectivity index (χ1) is 43.2. The second kappa shape index (κ2) is 29.2. The van der Waals surface area contributed by atoms with Crippen molar-refractivity contribution in [3.8, 4) is 49.1 Å². The van der Waals surface area contributed by atoms with Crippen LogP contribution in [0.15, 0.2) is 135 Å². The highest BCUT2D eigenvalue weighted by Gasteiger charge is 2.32. The molecule has 0 aliphatic carbocycles. The number of hydrogen-bond donors (Lipinski definition) is 9. The first-order valence-electron chi connectivity index (χ1n) is 27.3. The van der Waals surface area contributed by atoms with Gasteiger partial charge in [0, 0.05) is 38.9 Å². The summed E-state index contributed by atoms with van der Waals surface area (Å²) in [5.74, 6) is -6.76. The number of nitrogens with two attached hydrogens (primary N) is 1. The summed E-state index contributed by atoms with van der Waals surface area (Å²) in [5.41, 5.74) is 7.74. The Morgan fingerprint density at radius 1 is 0.667 bits per heavy atom. The molecular weight excluding hydrogens is 1270 g/mol. The van der Waals surface area contributed by atoms with Gasteiger partial charge in [-0.05, 0) is 60.9 Å². The van der Waals surface area contributed by atoms with Crippen LogP contribution < -0.4 is 37.6 Å². The lowest BCUT2D eigenvalue weighted by Gasteiger charge is -2.26. The second-order valence-electron chi connectivity index (χ2n) is 20.0. The SMILES string of the molecule is C=C(NC(=O)C(=C)NC(=O)c1csc(-c2ccc3c(n2)-c2csc(n2)-c2csc(n2)C(C(C)CC)NC(=O)C(Cc2ccc(O)cc2)NC(=O)c2csc(n2)C(Cc2ccccc2)NC(=O)/C(=C\C)N=C(SC)C(CC(N)=O)NC(=O)c2csc-3n2)n1)C(=O)O. The zero-order valence-electron chi connectivity index (χ0n) is 48.3. The van der Waals surface area contributed by atoms with Crippen LogP contribution in [0.2, 0.25) is 0 Å². The maximum atomic E-state index is 14.8. The number of aromatic hydroxyl groups is 1. The zero-order chi connectivity index (χ0) is 64.3. The first kappa shape index (κ1) is 65.0. The van der Waals surface area contributed by atoms with Crippen LogP contribution in [0.5, 0.6) is 5.75 Å². The van der Waals surface area contributed by atoms with E-state index in [-0.39, 0.29) is 68.7 Å². The number of aromatic nitrogens is 6. The molecule has 24 nitrogen and oxygen atoms in total. The van der Waals surface area contributed by atoms with Crippen LogP contribution in [0.4, 0.5) is 0 Å². The van der Waals surface area contributed by atoms with E-state index in [2.05, 4.69) is 49.7 Å². The van der Waals surface area contributed by atoms with Gasteiger partial charge in [0.2, 0.25) is 11.8 Å². The predicted octanol–water partition coefficient (Wildman–Crippen LogP) is 7.99. The summed E-state index contributed by atoms with van der Waals surface area (Å²) in [5, 5.41) is 45.8. The van der Waals surface area contributed by atoms with Gasteiger partial charge in [-0.1, -0.05) is 82.0 Å². The van der Waals surface area contributed by atoms with Crippen molar-refractivity contribution in [3.05, 3.63) is 168 Å². The van der Waals surface area contributed by atoms with Gasteiger partial charge in [0.15, 0.2) is 0 Å². The number of carbonyl (C=O) groups excluding carboxylic acids is 7. The van der Waals surface area contributed by atoms with E-state index in [9.17, 15) is 43.5 Å². The van der Waals surface area contributed by atoms with Crippen LogP contribution in [0.25, 0.3) is 43.4 Å². The van der Waals surface area contributed by atoms with Crippen molar-refractivity contribution in [1.82, 2.24) is 61.8 Å². The van der Waals surface area contributed by atoms with E-state index in [1.54, 1.807) is 48.2 Å². The van der Waals surface area contributed by atoms with Gasteiger partial charge in [0.25, 0.3) is 29.5 Å². The molecule has 9 rings (SSSR count). The van der Waals surface area contributed by atoms with Crippen molar-refractivity contribution in [3.63, 3.8) is 0 Å². The van der Waals surface area contributed by atoms with E-state index < -0.39 is 89.3 Å². The number of pyridine rings is 1. The normalized spacial score (nSPS) is 17.3. The largest absolute Gasteiger partial charge is 0.508 e. The van der Waals surface area contributed by atoms with Gasteiger partial charge in [-0.3, -0.25) is 33.6 Å². The third-order valence-corrected chi connectivity index (χ3v) is 19.0. The van der Waals surface area contributed by atoms with Gasteiger partial charge in [-0.25, -0.2) is 39.7 Å². The maximum Gasteiger partial charge on any atom is 0.351 e. The summed E-state index contributed by atoms with van der Waals surface area (Å²) in [6.07, 6.45) is 3.62. The van der Waals surface area contributed by atoms with E-state index in [1.165, 1.54) is 51.6 Å². The first-order valence-corrected chi connectivity index (χ1v) is 33.0. The number of carboxylic acids is 1. The van der Waals surface area contributed by atoms with Crippen LogP contribution in [-0.2, 0) is 36.8 Å². The highest BCUT2D eigenvalue weighted by atomic mass is 32.2. The van der Waals surface area contributed by atoms with Crippen LogP contribution in [0.1, 0.15) is 98.3 Å². The number of phenols is 1. The molecule has 7 amide bonds. The highest BCUT2D eigenvalue weighted by Crippen LogP contribution is 2.39. The van der Waals surface area contributed by atoms with E-state index in [0.29, 0.717) is 49.0 Å². The van der Waals surface area contributed by atoms with Gasteiger partial charge in [0.05, 0.1) is 41.0 Å². The fourth-order valence-corrected chi connectivity index (χ4v) is 13.7. The number of nitrogens with one attached hydrogen (secondary N) is 6. The van der Waals surface area contributed by atoms with Gasteiger partial charge < -0.3 is 47.8 Å². The minimum atomic E-state index is -1.48. The molecule has 2 aromatic carbocycles.